The molecule has 0 bridgehead atoms. The van der Waals surface area contributed by atoms with Gasteiger partial charge in [-0.25, -0.2) is 4.79 Å². The van der Waals surface area contributed by atoms with Gasteiger partial charge in [-0.15, -0.1) is 0 Å². The summed E-state index contributed by atoms with van der Waals surface area (Å²) in [6, 6.07) is 13.3. The Morgan fingerprint density at radius 1 is 1.09 bits per heavy atom. The van der Waals surface area contributed by atoms with Crippen LogP contribution in [0.3, 0.4) is 0 Å². The number of benzene rings is 2. The van der Waals surface area contributed by atoms with E-state index in [-0.39, 0.29) is 17.9 Å². The molecule has 2 aromatic carbocycles. The van der Waals surface area contributed by atoms with Crippen molar-refractivity contribution in [3.05, 3.63) is 59.7 Å². The van der Waals surface area contributed by atoms with Crippen LogP contribution in [0.5, 0.6) is 11.5 Å². The molecule has 6 heteroatoms. The number of phenolic OH excluding ortho intramolecular Hbond substituents is 1. The molecule has 0 saturated carbocycles. The van der Waals surface area contributed by atoms with E-state index in [1.807, 2.05) is 18.2 Å². The second-order valence-corrected chi connectivity index (χ2v) is 4.68. The summed E-state index contributed by atoms with van der Waals surface area (Å²) in [6.07, 6.45) is 0. The minimum atomic E-state index is -0.754. The van der Waals surface area contributed by atoms with E-state index in [9.17, 15) is 14.7 Å². The van der Waals surface area contributed by atoms with Crippen molar-refractivity contribution in [3.63, 3.8) is 0 Å². The number of carbonyl (C=O) groups excluding carboxylic acids is 2. The standard InChI is InChI=1S/C17H17NO5/c1-22-15-9-5-2-6-12(15)10-18-16(20)11-23-17(21)13-7-3-4-8-14(13)19/h2-9,19H,10-11H2,1H3,(H,18,20). The van der Waals surface area contributed by atoms with E-state index in [1.165, 1.54) is 12.1 Å². The average Bonchev–Trinajstić information content (AvgIpc) is 2.58. The lowest BCUT2D eigenvalue weighted by Crippen LogP contribution is -2.28. The Balaban J connectivity index is 1.84. The minimum absolute atomic E-state index is 0.0185. The lowest BCUT2D eigenvalue weighted by Gasteiger charge is -2.10. The van der Waals surface area contributed by atoms with Gasteiger partial charge in [-0.3, -0.25) is 4.79 Å². The summed E-state index contributed by atoms with van der Waals surface area (Å²) in [5, 5.41) is 12.2. The van der Waals surface area contributed by atoms with Gasteiger partial charge in [0.1, 0.15) is 17.1 Å². The van der Waals surface area contributed by atoms with Gasteiger partial charge in [0.05, 0.1) is 7.11 Å². The number of esters is 1. The van der Waals surface area contributed by atoms with Gasteiger partial charge in [-0.05, 0) is 18.2 Å². The number of methoxy groups -OCH3 is 1. The molecule has 6 nitrogen and oxygen atoms in total. The van der Waals surface area contributed by atoms with E-state index in [0.29, 0.717) is 5.75 Å². The smallest absolute Gasteiger partial charge is 0.342 e. The Hall–Kier alpha value is -3.02. The first-order chi connectivity index (χ1) is 11.1. The molecule has 0 atom stereocenters. The molecule has 1 amide bonds. The molecule has 0 heterocycles. The third-order valence-electron chi connectivity index (χ3n) is 3.13. The normalized spacial score (nSPS) is 9.96. The third kappa shape index (κ3) is 4.47. The molecule has 120 valence electrons. The quantitative estimate of drug-likeness (QED) is 0.795. The number of rotatable bonds is 6. The van der Waals surface area contributed by atoms with Crippen LogP contribution >= 0.6 is 0 Å². The molecular weight excluding hydrogens is 298 g/mol. The maximum atomic E-state index is 11.8. The molecular formula is C17H17NO5. The molecule has 0 aromatic heterocycles. The van der Waals surface area contributed by atoms with Crippen molar-refractivity contribution < 1.29 is 24.2 Å². The lowest BCUT2D eigenvalue weighted by atomic mass is 10.2. The van der Waals surface area contributed by atoms with Crippen LogP contribution in [0.2, 0.25) is 0 Å². The highest BCUT2D eigenvalue weighted by Crippen LogP contribution is 2.17. The third-order valence-corrected chi connectivity index (χ3v) is 3.13. The number of phenols is 1. The largest absolute Gasteiger partial charge is 0.507 e. The second kappa shape index (κ2) is 7.84. The molecule has 0 fully saturated rings. The highest BCUT2D eigenvalue weighted by molar-refractivity contribution is 5.93. The molecule has 0 aliphatic heterocycles. The predicted octanol–water partition coefficient (Wildman–Crippen LogP) is 1.87. The van der Waals surface area contributed by atoms with E-state index in [1.54, 1.807) is 25.3 Å². The fraction of sp³-hybridized carbons (Fsp3) is 0.176. The molecule has 2 N–H and O–H groups in total. The summed E-state index contributed by atoms with van der Waals surface area (Å²) in [7, 11) is 1.55. The number of nitrogens with one attached hydrogen (secondary N) is 1. The highest BCUT2D eigenvalue weighted by atomic mass is 16.5. The zero-order chi connectivity index (χ0) is 16.7. The van der Waals surface area contributed by atoms with Crippen molar-refractivity contribution in [2.24, 2.45) is 0 Å². The van der Waals surface area contributed by atoms with E-state index in [2.05, 4.69) is 5.32 Å². The topological polar surface area (TPSA) is 84.9 Å². The fourth-order valence-corrected chi connectivity index (χ4v) is 1.95. The summed E-state index contributed by atoms with van der Waals surface area (Å²) in [5.74, 6) is -0.721. The van der Waals surface area contributed by atoms with Gasteiger partial charge in [-0.1, -0.05) is 30.3 Å². The number of aromatic hydroxyl groups is 1. The Bertz CT molecular complexity index is 699. The Kier molecular flexibility index (Phi) is 5.57. The van der Waals surface area contributed by atoms with Crippen molar-refractivity contribution in [1.82, 2.24) is 5.32 Å². The summed E-state index contributed by atoms with van der Waals surface area (Å²) < 4.78 is 10.1. The van der Waals surface area contributed by atoms with Crippen molar-refractivity contribution in [1.29, 1.82) is 0 Å². The molecule has 0 aliphatic carbocycles. The Morgan fingerprint density at radius 3 is 2.52 bits per heavy atom. The van der Waals surface area contributed by atoms with Crippen LogP contribution in [0.4, 0.5) is 0 Å². The SMILES string of the molecule is COc1ccccc1CNC(=O)COC(=O)c1ccccc1O. The number of para-hydroxylation sites is 2. The van der Waals surface area contributed by atoms with E-state index < -0.39 is 18.5 Å². The summed E-state index contributed by atoms with van der Waals surface area (Å²) in [5.41, 5.74) is 0.834. The van der Waals surface area contributed by atoms with Gasteiger partial charge in [-0.2, -0.15) is 0 Å². The summed E-state index contributed by atoms with van der Waals surface area (Å²) in [6.45, 7) is -0.167. The first-order valence-corrected chi connectivity index (χ1v) is 6.95. The molecule has 0 spiro atoms. The molecule has 0 aliphatic rings. The maximum absolute atomic E-state index is 11.8. The summed E-state index contributed by atoms with van der Waals surface area (Å²) >= 11 is 0. The number of amides is 1. The number of hydrogen-bond acceptors (Lipinski definition) is 5. The van der Waals surface area contributed by atoms with Crippen LogP contribution in [-0.4, -0.2) is 30.7 Å². The van der Waals surface area contributed by atoms with Crippen molar-refractivity contribution in [2.75, 3.05) is 13.7 Å². The second-order valence-electron chi connectivity index (χ2n) is 4.68. The monoisotopic (exact) mass is 315 g/mol. The molecule has 2 rings (SSSR count). The van der Waals surface area contributed by atoms with E-state index >= 15 is 0 Å². The number of ether oxygens (including phenoxy) is 2. The van der Waals surface area contributed by atoms with Crippen molar-refractivity contribution in [2.45, 2.75) is 6.54 Å². The van der Waals surface area contributed by atoms with Crippen LogP contribution in [0.1, 0.15) is 15.9 Å². The van der Waals surface area contributed by atoms with Gasteiger partial charge in [0, 0.05) is 12.1 Å². The predicted molar refractivity (Wildman–Crippen MR) is 83.2 cm³/mol. The van der Waals surface area contributed by atoms with Crippen LogP contribution in [0.25, 0.3) is 0 Å². The van der Waals surface area contributed by atoms with Crippen LogP contribution < -0.4 is 10.1 Å². The van der Waals surface area contributed by atoms with Crippen molar-refractivity contribution in [3.8, 4) is 11.5 Å². The molecule has 2 aromatic rings. The van der Waals surface area contributed by atoms with Gasteiger partial charge in [0.2, 0.25) is 0 Å². The number of hydrogen-bond donors (Lipinski definition) is 2. The fourth-order valence-electron chi connectivity index (χ4n) is 1.95. The zero-order valence-electron chi connectivity index (χ0n) is 12.6. The summed E-state index contributed by atoms with van der Waals surface area (Å²) in [4.78, 5) is 23.5. The maximum Gasteiger partial charge on any atom is 0.342 e. The molecule has 0 unspecified atom stereocenters. The van der Waals surface area contributed by atoms with E-state index in [4.69, 9.17) is 9.47 Å². The van der Waals surface area contributed by atoms with Gasteiger partial charge in [0.25, 0.3) is 5.91 Å². The van der Waals surface area contributed by atoms with Gasteiger partial charge in [0.15, 0.2) is 6.61 Å². The van der Waals surface area contributed by atoms with Crippen LogP contribution in [0.15, 0.2) is 48.5 Å². The zero-order valence-corrected chi connectivity index (χ0v) is 12.6. The van der Waals surface area contributed by atoms with Gasteiger partial charge < -0.3 is 19.9 Å². The molecule has 23 heavy (non-hydrogen) atoms. The Morgan fingerprint density at radius 2 is 1.78 bits per heavy atom. The Labute approximate surface area is 133 Å². The minimum Gasteiger partial charge on any atom is -0.507 e. The van der Waals surface area contributed by atoms with Gasteiger partial charge >= 0.3 is 5.97 Å². The first-order valence-electron chi connectivity index (χ1n) is 6.95. The van der Waals surface area contributed by atoms with E-state index in [0.717, 1.165) is 5.56 Å². The van der Waals surface area contributed by atoms with Crippen molar-refractivity contribution >= 4 is 11.9 Å². The lowest BCUT2D eigenvalue weighted by molar-refractivity contribution is -0.124. The van der Waals surface area contributed by atoms with Crippen LogP contribution in [-0.2, 0) is 16.1 Å². The molecule has 0 saturated heterocycles. The average molecular weight is 315 g/mol. The first kappa shape index (κ1) is 16.4. The number of carbonyl (C=O) groups is 2. The highest BCUT2D eigenvalue weighted by Gasteiger charge is 2.13. The van der Waals surface area contributed by atoms with Crippen LogP contribution in [0, 0.1) is 0 Å². The molecule has 0 radical (unpaired) electrons.